The molecule has 3 aliphatic carbocycles. The first-order valence-electron chi connectivity index (χ1n) is 9.57. The number of carbonyl (C=O) groups is 1. The average molecular weight is 415 g/mol. The first-order chi connectivity index (χ1) is 12.7. The van der Waals surface area contributed by atoms with Gasteiger partial charge < -0.3 is 16.2 Å². The van der Waals surface area contributed by atoms with Crippen LogP contribution in [0.5, 0.6) is 0 Å². The normalized spacial score (nSPS) is 38.5. The molecule has 4 N–H and O–H groups in total. The first kappa shape index (κ1) is 19.4. The minimum absolute atomic E-state index is 0.159. The van der Waals surface area contributed by atoms with Gasteiger partial charge in [0.1, 0.15) is 5.82 Å². The number of rotatable bonds is 4. The van der Waals surface area contributed by atoms with Crippen molar-refractivity contribution in [3.8, 4) is 0 Å². The van der Waals surface area contributed by atoms with Crippen LogP contribution < -0.4 is 11.1 Å². The van der Waals surface area contributed by atoms with Gasteiger partial charge in [-0.3, -0.25) is 4.79 Å². The molecule has 27 heavy (non-hydrogen) atoms. The second kappa shape index (κ2) is 6.87. The Kier molecular flexibility index (Phi) is 4.95. The van der Waals surface area contributed by atoms with Gasteiger partial charge in [-0.25, -0.2) is 4.39 Å². The van der Waals surface area contributed by atoms with Crippen molar-refractivity contribution in [2.45, 2.75) is 57.2 Å². The summed E-state index contributed by atoms with van der Waals surface area (Å²) >= 11 is 12.5. The van der Waals surface area contributed by atoms with Crippen LogP contribution in [0.1, 0.15) is 50.6 Å². The van der Waals surface area contributed by atoms with E-state index in [4.69, 9.17) is 28.9 Å². The Morgan fingerprint density at radius 2 is 1.96 bits per heavy atom. The highest BCUT2D eigenvalue weighted by Gasteiger charge is 2.56. The van der Waals surface area contributed by atoms with Crippen molar-refractivity contribution >= 4 is 29.1 Å². The zero-order valence-corrected chi connectivity index (χ0v) is 16.7. The van der Waals surface area contributed by atoms with Gasteiger partial charge in [0.05, 0.1) is 22.2 Å². The molecule has 0 radical (unpaired) electrons. The summed E-state index contributed by atoms with van der Waals surface area (Å²) < 4.78 is 14.8. The summed E-state index contributed by atoms with van der Waals surface area (Å²) in [6, 6.07) is 1.78. The Hall–Kier alpha value is -0.880. The molecule has 3 saturated carbocycles. The molecule has 1 aromatic carbocycles. The highest BCUT2D eigenvalue weighted by Crippen LogP contribution is 2.64. The lowest BCUT2D eigenvalue weighted by Gasteiger charge is -2.38. The third-order valence-electron chi connectivity index (χ3n) is 6.83. The van der Waals surface area contributed by atoms with E-state index in [1.807, 2.05) is 0 Å². The highest BCUT2D eigenvalue weighted by molar-refractivity contribution is 6.42. The quantitative estimate of drug-likeness (QED) is 0.655. The van der Waals surface area contributed by atoms with E-state index >= 15 is 0 Å². The number of nitrogens with two attached hydrogens (primary N) is 1. The Morgan fingerprint density at radius 3 is 2.56 bits per heavy atom. The van der Waals surface area contributed by atoms with E-state index in [1.54, 1.807) is 0 Å². The lowest BCUT2D eigenvalue weighted by atomic mass is 9.74. The van der Waals surface area contributed by atoms with Crippen LogP contribution in [0, 0.1) is 29.0 Å². The molecule has 4 nitrogen and oxygen atoms in total. The summed E-state index contributed by atoms with van der Waals surface area (Å²) in [6.07, 6.45) is 3.14. The minimum Gasteiger partial charge on any atom is -0.391 e. The maximum atomic E-state index is 14.8. The van der Waals surface area contributed by atoms with E-state index in [1.165, 1.54) is 18.6 Å². The van der Waals surface area contributed by atoms with Gasteiger partial charge in [0, 0.05) is 17.5 Å². The second-order valence-electron chi connectivity index (χ2n) is 8.92. The Balaban J connectivity index is 1.65. The van der Waals surface area contributed by atoms with Crippen molar-refractivity contribution < 1.29 is 14.3 Å². The number of benzene rings is 1. The average Bonchev–Trinajstić information content (AvgIpc) is 3.08. The van der Waals surface area contributed by atoms with Crippen LogP contribution in [-0.4, -0.2) is 23.2 Å². The lowest BCUT2D eigenvalue weighted by Crippen LogP contribution is -2.42. The van der Waals surface area contributed by atoms with Gasteiger partial charge in [0.25, 0.3) is 0 Å². The molecule has 7 heteroatoms. The van der Waals surface area contributed by atoms with Gasteiger partial charge in [-0.2, -0.15) is 0 Å². The molecule has 0 saturated heterocycles. The van der Waals surface area contributed by atoms with Crippen LogP contribution in [0.2, 0.25) is 10.0 Å². The second-order valence-corrected chi connectivity index (χ2v) is 9.70. The standard InChI is InChI=1S/C20H25Cl2FN2O2/c1-20(7-10-4-11(10)8-20)18(16-13(23)3-2-12(21)17(16)22)25-19(27)9-5-14(24)15(26)6-9/h2-3,9-11,14-15,18,26H,4-8,24H2,1H3,(H,25,27)/t9-,10-,11+,14-,15+,18+,20+/m0/s1. The van der Waals surface area contributed by atoms with E-state index in [0.717, 1.165) is 12.8 Å². The van der Waals surface area contributed by atoms with E-state index in [-0.39, 0.29) is 32.8 Å². The van der Waals surface area contributed by atoms with Gasteiger partial charge >= 0.3 is 0 Å². The molecule has 0 spiro atoms. The SMILES string of the molecule is C[C@]1([C@H](NC(=O)[C@@H]2C[C@@H](O)[C@@H](N)C2)c2c(F)ccc(Cl)c2Cl)C[C@H]2C[C@H]2C1. The van der Waals surface area contributed by atoms with Crippen molar-refractivity contribution in [2.24, 2.45) is 28.9 Å². The molecule has 3 aliphatic rings. The minimum atomic E-state index is -0.680. The van der Waals surface area contributed by atoms with E-state index in [2.05, 4.69) is 12.2 Å². The van der Waals surface area contributed by atoms with Crippen LogP contribution in [0.4, 0.5) is 4.39 Å². The van der Waals surface area contributed by atoms with Gasteiger partial charge in [0.2, 0.25) is 5.91 Å². The summed E-state index contributed by atoms with van der Waals surface area (Å²) in [5.41, 5.74) is 5.85. The van der Waals surface area contributed by atoms with Crippen LogP contribution >= 0.6 is 23.2 Å². The number of hydrogen-bond acceptors (Lipinski definition) is 3. The fraction of sp³-hybridized carbons (Fsp3) is 0.650. The molecule has 148 valence electrons. The van der Waals surface area contributed by atoms with E-state index in [0.29, 0.717) is 24.7 Å². The van der Waals surface area contributed by atoms with Crippen molar-refractivity contribution in [3.05, 3.63) is 33.6 Å². The maximum Gasteiger partial charge on any atom is 0.223 e. The number of nitrogens with one attached hydrogen (secondary N) is 1. The van der Waals surface area contributed by atoms with Gasteiger partial charge in [-0.15, -0.1) is 0 Å². The largest absolute Gasteiger partial charge is 0.391 e. The number of carbonyl (C=O) groups excluding carboxylic acids is 1. The summed E-state index contributed by atoms with van der Waals surface area (Å²) in [5.74, 6) is 0.260. The number of amides is 1. The lowest BCUT2D eigenvalue weighted by molar-refractivity contribution is -0.126. The van der Waals surface area contributed by atoms with Crippen LogP contribution in [0.15, 0.2) is 12.1 Å². The Morgan fingerprint density at radius 1 is 1.30 bits per heavy atom. The first-order valence-corrected chi connectivity index (χ1v) is 10.3. The smallest absolute Gasteiger partial charge is 0.223 e. The Labute approximate surface area is 168 Å². The summed E-state index contributed by atoms with van der Waals surface area (Å²) in [5, 5.41) is 13.4. The number of aliphatic hydroxyl groups is 1. The van der Waals surface area contributed by atoms with Gasteiger partial charge in [-0.1, -0.05) is 30.1 Å². The predicted molar refractivity (Wildman–Crippen MR) is 103 cm³/mol. The van der Waals surface area contributed by atoms with Crippen LogP contribution in [0.25, 0.3) is 0 Å². The number of aliphatic hydroxyl groups excluding tert-OH is 1. The molecule has 4 rings (SSSR count). The molecule has 1 amide bonds. The molecule has 0 aliphatic heterocycles. The van der Waals surface area contributed by atoms with Gasteiger partial charge in [0.15, 0.2) is 0 Å². The molecule has 1 aromatic rings. The van der Waals surface area contributed by atoms with Gasteiger partial charge in [-0.05, 0) is 61.5 Å². The van der Waals surface area contributed by atoms with Crippen LogP contribution in [0.3, 0.4) is 0 Å². The number of halogens is 3. The highest BCUT2D eigenvalue weighted by atomic mass is 35.5. The molecular formula is C20H25Cl2FN2O2. The number of hydrogen-bond donors (Lipinski definition) is 3. The van der Waals surface area contributed by atoms with Crippen LogP contribution in [-0.2, 0) is 4.79 Å². The monoisotopic (exact) mass is 414 g/mol. The molecule has 0 bridgehead atoms. The summed E-state index contributed by atoms with van der Waals surface area (Å²) in [7, 11) is 0. The van der Waals surface area contributed by atoms with E-state index < -0.39 is 24.0 Å². The van der Waals surface area contributed by atoms with E-state index in [9.17, 15) is 14.3 Å². The third-order valence-corrected chi connectivity index (χ3v) is 7.64. The van der Waals surface area contributed by atoms with Crippen molar-refractivity contribution in [2.75, 3.05) is 0 Å². The molecule has 0 heterocycles. The maximum absolute atomic E-state index is 14.8. The molecule has 0 unspecified atom stereocenters. The fourth-order valence-corrected chi connectivity index (χ4v) is 5.68. The summed E-state index contributed by atoms with van der Waals surface area (Å²) in [6.45, 7) is 2.09. The summed E-state index contributed by atoms with van der Waals surface area (Å²) in [4.78, 5) is 12.9. The van der Waals surface area contributed by atoms with Crippen molar-refractivity contribution in [1.29, 1.82) is 0 Å². The fourth-order valence-electron chi connectivity index (χ4n) is 5.25. The van der Waals surface area contributed by atoms with Crippen molar-refractivity contribution in [3.63, 3.8) is 0 Å². The molecular weight excluding hydrogens is 390 g/mol. The van der Waals surface area contributed by atoms with Crippen molar-refractivity contribution in [1.82, 2.24) is 5.32 Å². The zero-order valence-electron chi connectivity index (χ0n) is 15.2. The topological polar surface area (TPSA) is 75.3 Å². The number of fused-ring (bicyclic) bond motifs is 1. The predicted octanol–water partition coefficient (Wildman–Crippen LogP) is 3.82. The third kappa shape index (κ3) is 3.48. The molecule has 0 aromatic heterocycles. The molecule has 7 atom stereocenters. The molecule has 3 fully saturated rings. The Bertz CT molecular complexity index is 755. The zero-order chi connectivity index (χ0) is 19.5.